The number of carbonyl (C=O) groups is 2. The number of nitrogens with one attached hydrogen (secondary N) is 3. The summed E-state index contributed by atoms with van der Waals surface area (Å²) in [5, 5.41) is 7.77. The molecule has 29 heavy (non-hydrogen) atoms. The molecule has 152 valence electrons. The maximum atomic E-state index is 12.9. The first kappa shape index (κ1) is 20.0. The Morgan fingerprint density at radius 2 is 2.21 bits per heavy atom. The number of halogens is 1. The van der Waals surface area contributed by atoms with Crippen molar-refractivity contribution < 1.29 is 9.59 Å². The summed E-state index contributed by atoms with van der Waals surface area (Å²) < 4.78 is 0. The van der Waals surface area contributed by atoms with Crippen LogP contribution in [0.1, 0.15) is 30.9 Å². The smallest absolute Gasteiger partial charge is 0.280 e. The quantitative estimate of drug-likeness (QED) is 0.521. The molecule has 9 heteroatoms. The Morgan fingerprint density at radius 1 is 1.38 bits per heavy atom. The highest BCUT2D eigenvalue weighted by Crippen LogP contribution is 2.24. The van der Waals surface area contributed by atoms with Gasteiger partial charge in [0.2, 0.25) is 0 Å². The van der Waals surface area contributed by atoms with E-state index in [0.717, 1.165) is 41.0 Å². The van der Waals surface area contributed by atoms with Gasteiger partial charge < -0.3 is 20.5 Å². The van der Waals surface area contributed by atoms with E-state index in [2.05, 4.69) is 32.5 Å². The molecule has 0 aliphatic carbocycles. The van der Waals surface area contributed by atoms with E-state index in [9.17, 15) is 9.59 Å². The number of benzene rings is 1. The summed E-state index contributed by atoms with van der Waals surface area (Å²) in [4.78, 5) is 36.4. The van der Waals surface area contributed by atoms with Crippen LogP contribution in [0.5, 0.6) is 0 Å². The van der Waals surface area contributed by atoms with Crippen molar-refractivity contribution in [2.75, 3.05) is 27.2 Å². The van der Waals surface area contributed by atoms with Crippen molar-refractivity contribution in [2.24, 2.45) is 0 Å². The highest BCUT2D eigenvalue weighted by atomic mass is 35.5. The number of hydrogen-bond acceptors (Lipinski definition) is 6. The molecule has 1 amide bonds. The van der Waals surface area contributed by atoms with E-state index in [4.69, 9.17) is 11.6 Å². The van der Waals surface area contributed by atoms with Crippen LogP contribution in [0, 0.1) is 0 Å². The fourth-order valence-corrected chi connectivity index (χ4v) is 4.73. The highest BCUT2D eigenvalue weighted by Gasteiger charge is 2.24. The third-order valence-electron chi connectivity index (χ3n) is 5.10. The first-order valence-electron chi connectivity index (χ1n) is 9.39. The lowest BCUT2D eigenvalue weighted by Crippen LogP contribution is -2.44. The number of fused-ring (bicyclic) bond motifs is 2. The molecule has 0 fully saturated rings. The number of hydrogen-bond donors (Lipinski definition) is 3. The topological polar surface area (TPSA) is 90.1 Å². The third kappa shape index (κ3) is 4.20. The molecule has 1 atom stereocenters. The molecule has 0 bridgehead atoms. The number of thiazole rings is 1. The number of ketones is 1. The third-order valence-corrected chi connectivity index (χ3v) is 6.41. The van der Waals surface area contributed by atoms with Crippen LogP contribution in [0.15, 0.2) is 24.3 Å². The molecular weight excluding hydrogens is 410 g/mol. The molecule has 0 spiro atoms. The number of carbonyl (C=O) groups excluding carboxylic acids is 2. The summed E-state index contributed by atoms with van der Waals surface area (Å²) in [6.45, 7) is 1.95. The van der Waals surface area contributed by atoms with Crippen LogP contribution >= 0.6 is 22.9 Å². The normalized spacial score (nSPS) is 15.3. The van der Waals surface area contributed by atoms with E-state index in [-0.39, 0.29) is 18.2 Å². The van der Waals surface area contributed by atoms with Gasteiger partial charge >= 0.3 is 0 Å². The van der Waals surface area contributed by atoms with Gasteiger partial charge in [-0.2, -0.15) is 0 Å². The molecule has 0 saturated carbocycles. The predicted octanol–water partition coefficient (Wildman–Crippen LogP) is 2.47. The second-order valence-corrected chi connectivity index (χ2v) is 8.73. The molecule has 3 heterocycles. The number of likely N-dealkylation sites (N-methyl/N-ethyl adjacent to an activating group) is 2. The average molecular weight is 432 g/mol. The standard InChI is InChI=1S/C20H22ClN5O2S/c1-22-16(18(27)15-8-11-7-12(21)3-4-13(11)24-15)9-23-19(28)20-25-14-5-6-26(2)10-17(14)29-20/h3-4,7-8,16,22,24H,5-6,9-10H2,1-2H3,(H,23,28). The zero-order valence-electron chi connectivity index (χ0n) is 16.2. The molecule has 7 nitrogen and oxygen atoms in total. The largest absolute Gasteiger partial charge is 0.352 e. The molecule has 1 aromatic carbocycles. The van der Waals surface area contributed by atoms with Crippen LogP contribution in [0.2, 0.25) is 5.02 Å². The molecule has 0 saturated heterocycles. The Bertz CT molecular complexity index is 1080. The van der Waals surface area contributed by atoms with Crippen molar-refractivity contribution in [1.29, 1.82) is 0 Å². The van der Waals surface area contributed by atoms with Crippen molar-refractivity contribution in [1.82, 2.24) is 25.5 Å². The van der Waals surface area contributed by atoms with Crippen molar-refractivity contribution in [2.45, 2.75) is 19.0 Å². The van der Waals surface area contributed by atoms with E-state index in [1.54, 1.807) is 19.2 Å². The van der Waals surface area contributed by atoms with Crippen molar-refractivity contribution >= 4 is 45.5 Å². The summed E-state index contributed by atoms with van der Waals surface area (Å²) in [5.41, 5.74) is 2.33. The Labute approximate surface area is 177 Å². The lowest BCUT2D eigenvalue weighted by molar-refractivity contribution is 0.0914. The first-order chi connectivity index (χ1) is 13.9. The van der Waals surface area contributed by atoms with Crippen LogP contribution in [0.25, 0.3) is 10.9 Å². The minimum absolute atomic E-state index is 0.125. The SMILES string of the molecule is CNC(CNC(=O)c1nc2c(s1)CN(C)CC2)C(=O)c1cc2cc(Cl)ccc2[nH]1. The molecule has 3 N–H and O–H groups in total. The summed E-state index contributed by atoms with van der Waals surface area (Å²) in [5.74, 6) is -0.372. The van der Waals surface area contributed by atoms with E-state index >= 15 is 0 Å². The van der Waals surface area contributed by atoms with Crippen LogP contribution in [-0.4, -0.2) is 59.8 Å². The molecule has 4 rings (SSSR count). The molecule has 1 aliphatic rings. The van der Waals surface area contributed by atoms with Gasteiger partial charge in [-0.05, 0) is 38.4 Å². The second-order valence-electron chi connectivity index (χ2n) is 7.21. The molecular formula is C20H22ClN5O2S. The van der Waals surface area contributed by atoms with Gasteiger partial charge in [0, 0.05) is 46.9 Å². The maximum Gasteiger partial charge on any atom is 0.280 e. The second kappa shape index (κ2) is 8.23. The fraction of sp³-hybridized carbons (Fsp3) is 0.350. The summed E-state index contributed by atoms with van der Waals surface area (Å²) in [6, 6.07) is 6.65. The number of Topliss-reactive ketones (excluding diaryl/α,β-unsaturated/α-hetero) is 1. The van der Waals surface area contributed by atoms with Crippen LogP contribution < -0.4 is 10.6 Å². The number of amides is 1. The van der Waals surface area contributed by atoms with Crippen LogP contribution in [0.4, 0.5) is 0 Å². The molecule has 3 aromatic rings. The van der Waals surface area contributed by atoms with Gasteiger partial charge in [0.25, 0.3) is 5.91 Å². The minimum atomic E-state index is -0.553. The maximum absolute atomic E-state index is 12.9. The van der Waals surface area contributed by atoms with Crippen molar-refractivity contribution in [3.8, 4) is 0 Å². The van der Waals surface area contributed by atoms with E-state index in [1.165, 1.54) is 11.3 Å². The lowest BCUT2D eigenvalue weighted by atomic mass is 10.1. The average Bonchev–Trinajstić information content (AvgIpc) is 3.31. The number of nitrogens with zero attached hydrogens (tertiary/aromatic N) is 2. The number of aromatic nitrogens is 2. The van der Waals surface area contributed by atoms with Gasteiger partial charge in [0.15, 0.2) is 10.8 Å². The van der Waals surface area contributed by atoms with Gasteiger partial charge in [-0.1, -0.05) is 11.6 Å². The molecule has 2 aromatic heterocycles. The molecule has 0 radical (unpaired) electrons. The number of aromatic amines is 1. The summed E-state index contributed by atoms with van der Waals surface area (Å²) in [6.07, 6.45) is 0.859. The van der Waals surface area contributed by atoms with Gasteiger partial charge in [-0.25, -0.2) is 4.98 Å². The molecule has 1 aliphatic heterocycles. The first-order valence-corrected chi connectivity index (χ1v) is 10.6. The van der Waals surface area contributed by atoms with Crippen LogP contribution in [-0.2, 0) is 13.0 Å². The summed E-state index contributed by atoms with van der Waals surface area (Å²) in [7, 11) is 3.76. The van der Waals surface area contributed by atoms with Gasteiger partial charge in [-0.15, -0.1) is 11.3 Å². The zero-order valence-corrected chi connectivity index (χ0v) is 17.8. The lowest BCUT2D eigenvalue weighted by Gasteiger charge is -2.20. The van der Waals surface area contributed by atoms with E-state index in [0.29, 0.717) is 15.7 Å². The number of rotatable bonds is 6. The van der Waals surface area contributed by atoms with Gasteiger partial charge in [0.05, 0.1) is 17.4 Å². The number of H-pyrrole nitrogens is 1. The summed E-state index contributed by atoms with van der Waals surface area (Å²) >= 11 is 7.45. The van der Waals surface area contributed by atoms with E-state index < -0.39 is 6.04 Å². The predicted molar refractivity (Wildman–Crippen MR) is 115 cm³/mol. The monoisotopic (exact) mass is 431 g/mol. The fourth-order valence-electron chi connectivity index (χ4n) is 3.44. The minimum Gasteiger partial charge on any atom is -0.352 e. The zero-order chi connectivity index (χ0) is 20.5. The Hall–Kier alpha value is -2.26. The molecule has 1 unspecified atom stereocenters. The Kier molecular flexibility index (Phi) is 5.69. The van der Waals surface area contributed by atoms with Gasteiger partial charge in [0.1, 0.15) is 0 Å². The van der Waals surface area contributed by atoms with Crippen molar-refractivity contribution in [3.05, 3.63) is 50.6 Å². The van der Waals surface area contributed by atoms with Crippen LogP contribution in [0.3, 0.4) is 0 Å². The van der Waals surface area contributed by atoms with E-state index in [1.807, 2.05) is 12.1 Å². The Morgan fingerprint density at radius 3 is 3.00 bits per heavy atom. The van der Waals surface area contributed by atoms with Crippen molar-refractivity contribution in [3.63, 3.8) is 0 Å². The Balaban J connectivity index is 1.43. The highest BCUT2D eigenvalue weighted by molar-refractivity contribution is 7.13. The van der Waals surface area contributed by atoms with Gasteiger partial charge in [-0.3, -0.25) is 9.59 Å².